The molecule has 0 atom stereocenters. The monoisotopic (exact) mass is 435 g/mol. The SMILES string of the molecule is O=C(O)c1ccccc1-c1ccccc1C(=O)Nc1ccc2oc(=O)c3ccccc3c2c1. The third-order valence-electron chi connectivity index (χ3n) is 5.50. The highest BCUT2D eigenvalue weighted by Gasteiger charge is 2.18. The molecule has 0 saturated carbocycles. The van der Waals surface area contributed by atoms with E-state index in [0.29, 0.717) is 38.7 Å². The predicted molar refractivity (Wildman–Crippen MR) is 127 cm³/mol. The van der Waals surface area contributed by atoms with Gasteiger partial charge < -0.3 is 14.8 Å². The Balaban J connectivity index is 1.57. The third-order valence-corrected chi connectivity index (χ3v) is 5.50. The van der Waals surface area contributed by atoms with Crippen molar-refractivity contribution in [2.24, 2.45) is 0 Å². The predicted octanol–water partition coefficient (Wildman–Crippen LogP) is 5.56. The lowest BCUT2D eigenvalue weighted by Gasteiger charge is -2.13. The Morgan fingerprint density at radius 1 is 0.697 bits per heavy atom. The van der Waals surface area contributed by atoms with Crippen LogP contribution in [0.15, 0.2) is 100 Å². The van der Waals surface area contributed by atoms with Gasteiger partial charge in [0.1, 0.15) is 5.58 Å². The molecule has 0 unspecified atom stereocenters. The van der Waals surface area contributed by atoms with E-state index >= 15 is 0 Å². The number of nitrogens with one attached hydrogen (secondary N) is 1. The Bertz CT molecular complexity index is 1620. The highest BCUT2D eigenvalue weighted by Crippen LogP contribution is 2.29. The maximum absolute atomic E-state index is 13.2. The number of benzene rings is 4. The molecule has 1 heterocycles. The average molecular weight is 435 g/mol. The molecule has 0 fully saturated rings. The highest BCUT2D eigenvalue weighted by atomic mass is 16.4. The van der Waals surface area contributed by atoms with Crippen molar-refractivity contribution in [1.82, 2.24) is 0 Å². The number of carboxylic acid groups (broad SMARTS) is 1. The molecule has 0 bridgehead atoms. The molecule has 2 N–H and O–H groups in total. The van der Waals surface area contributed by atoms with Crippen LogP contribution >= 0.6 is 0 Å². The van der Waals surface area contributed by atoms with Gasteiger partial charge in [0, 0.05) is 16.6 Å². The molecule has 0 aliphatic rings. The number of aromatic carboxylic acids is 1. The van der Waals surface area contributed by atoms with Crippen LogP contribution in [0.25, 0.3) is 32.9 Å². The van der Waals surface area contributed by atoms with E-state index in [1.807, 2.05) is 12.1 Å². The van der Waals surface area contributed by atoms with E-state index in [4.69, 9.17) is 4.42 Å². The average Bonchev–Trinajstić information content (AvgIpc) is 2.84. The molecule has 0 aliphatic carbocycles. The zero-order valence-electron chi connectivity index (χ0n) is 17.2. The number of carbonyl (C=O) groups is 2. The molecule has 1 aromatic heterocycles. The van der Waals surface area contributed by atoms with Crippen LogP contribution in [0.4, 0.5) is 5.69 Å². The number of hydrogen-bond acceptors (Lipinski definition) is 4. The molecule has 5 aromatic rings. The first-order valence-electron chi connectivity index (χ1n) is 10.2. The van der Waals surface area contributed by atoms with Gasteiger partial charge in [0.15, 0.2) is 0 Å². The lowest BCUT2D eigenvalue weighted by molar-refractivity contribution is 0.0697. The summed E-state index contributed by atoms with van der Waals surface area (Å²) in [5.74, 6) is -1.45. The molecular formula is C27H17NO5. The smallest absolute Gasteiger partial charge is 0.344 e. The maximum Gasteiger partial charge on any atom is 0.344 e. The Kier molecular flexibility index (Phi) is 4.95. The van der Waals surface area contributed by atoms with Crippen molar-refractivity contribution >= 4 is 39.3 Å². The molecule has 4 aromatic carbocycles. The first-order valence-corrected chi connectivity index (χ1v) is 10.2. The summed E-state index contributed by atoms with van der Waals surface area (Å²) in [6, 6.07) is 25.6. The van der Waals surface area contributed by atoms with Crippen LogP contribution in [0, 0.1) is 0 Å². The minimum absolute atomic E-state index is 0.116. The minimum Gasteiger partial charge on any atom is -0.478 e. The zero-order valence-corrected chi connectivity index (χ0v) is 17.2. The van der Waals surface area contributed by atoms with Gasteiger partial charge in [-0.05, 0) is 52.9 Å². The van der Waals surface area contributed by atoms with Gasteiger partial charge in [-0.2, -0.15) is 0 Å². The van der Waals surface area contributed by atoms with Crippen molar-refractivity contribution in [2.45, 2.75) is 0 Å². The van der Waals surface area contributed by atoms with Crippen molar-refractivity contribution < 1.29 is 19.1 Å². The molecule has 33 heavy (non-hydrogen) atoms. The summed E-state index contributed by atoms with van der Waals surface area (Å²) in [5, 5.41) is 14.3. The second kappa shape index (κ2) is 8.09. The van der Waals surface area contributed by atoms with Crippen LogP contribution in [0.2, 0.25) is 0 Å². The van der Waals surface area contributed by atoms with E-state index in [9.17, 15) is 19.5 Å². The fraction of sp³-hybridized carbons (Fsp3) is 0. The number of hydrogen-bond donors (Lipinski definition) is 2. The van der Waals surface area contributed by atoms with Crippen molar-refractivity contribution in [3.8, 4) is 11.1 Å². The van der Waals surface area contributed by atoms with E-state index in [1.165, 1.54) is 6.07 Å². The van der Waals surface area contributed by atoms with E-state index in [2.05, 4.69) is 5.32 Å². The summed E-state index contributed by atoms with van der Waals surface area (Å²) >= 11 is 0. The van der Waals surface area contributed by atoms with Gasteiger partial charge in [-0.15, -0.1) is 0 Å². The van der Waals surface area contributed by atoms with Crippen LogP contribution in [0.1, 0.15) is 20.7 Å². The fourth-order valence-electron chi connectivity index (χ4n) is 3.98. The number of carbonyl (C=O) groups excluding carboxylic acids is 1. The number of rotatable bonds is 4. The van der Waals surface area contributed by atoms with Gasteiger partial charge >= 0.3 is 11.6 Å². The van der Waals surface area contributed by atoms with Gasteiger partial charge in [-0.3, -0.25) is 4.79 Å². The van der Waals surface area contributed by atoms with Crippen LogP contribution < -0.4 is 10.9 Å². The lowest BCUT2D eigenvalue weighted by Crippen LogP contribution is -2.14. The number of fused-ring (bicyclic) bond motifs is 3. The molecule has 0 radical (unpaired) electrons. The lowest BCUT2D eigenvalue weighted by atomic mass is 9.95. The normalized spacial score (nSPS) is 10.9. The van der Waals surface area contributed by atoms with Gasteiger partial charge in [-0.1, -0.05) is 54.6 Å². The number of amides is 1. The summed E-state index contributed by atoms with van der Waals surface area (Å²) in [5.41, 5.74) is 1.97. The molecule has 5 rings (SSSR count). The molecule has 0 saturated heterocycles. The Morgan fingerprint density at radius 3 is 2.03 bits per heavy atom. The van der Waals surface area contributed by atoms with Gasteiger partial charge in [-0.25, -0.2) is 9.59 Å². The standard InChI is InChI=1S/C27H17NO5/c29-25(20-10-4-1-7-17(20)18-8-2-5-11-21(18)26(30)31)28-16-13-14-24-23(15-16)19-9-3-6-12-22(19)27(32)33-24/h1-15H,(H,28,29)(H,30,31). The topological polar surface area (TPSA) is 96.6 Å². The highest BCUT2D eigenvalue weighted by molar-refractivity contribution is 6.12. The summed E-state index contributed by atoms with van der Waals surface area (Å²) < 4.78 is 5.41. The largest absolute Gasteiger partial charge is 0.478 e. The molecule has 1 amide bonds. The van der Waals surface area contributed by atoms with Gasteiger partial charge in [0.2, 0.25) is 0 Å². The summed E-state index contributed by atoms with van der Waals surface area (Å²) in [6.45, 7) is 0. The first kappa shape index (κ1) is 20.2. The van der Waals surface area contributed by atoms with E-state index < -0.39 is 11.6 Å². The fourth-order valence-corrected chi connectivity index (χ4v) is 3.98. The summed E-state index contributed by atoms with van der Waals surface area (Å²) in [7, 11) is 0. The van der Waals surface area contributed by atoms with Crippen molar-refractivity contribution in [3.05, 3.63) is 113 Å². The number of anilines is 1. The van der Waals surface area contributed by atoms with E-state index in [-0.39, 0.29) is 11.5 Å². The maximum atomic E-state index is 13.2. The molecule has 160 valence electrons. The van der Waals surface area contributed by atoms with Crippen LogP contribution in [0.3, 0.4) is 0 Å². The van der Waals surface area contributed by atoms with Crippen molar-refractivity contribution in [1.29, 1.82) is 0 Å². The number of carboxylic acids is 1. The Morgan fingerprint density at radius 2 is 1.30 bits per heavy atom. The van der Waals surface area contributed by atoms with Crippen LogP contribution in [-0.4, -0.2) is 17.0 Å². The quantitative estimate of drug-likeness (QED) is 0.284. The van der Waals surface area contributed by atoms with Crippen LogP contribution in [-0.2, 0) is 0 Å². The van der Waals surface area contributed by atoms with E-state index in [1.54, 1.807) is 72.8 Å². The molecular weight excluding hydrogens is 418 g/mol. The Labute approximate surface area is 187 Å². The van der Waals surface area contributed by atoms with Crippen molar-refractivity contribution in [2.75, 3.05) is 5.32 Å². The molecule has 0 spiro atoms. The van der Waals surface area contributed by atoms with Gasteiger partial charge in [0.05, 0.1) is 10.9 Å². The van der Waals surface area contributed by atoms with Crippen molar-refractivity contribution in [3.63, 3.8) is 0 Å². The molecule has 0 aliphatic heterocycles. The third kappa shape index (κ3) is 3.64. The minimum atomic E-state index is -1.07. The second-order valence-electron chi connectivity index (χ2n) is 7.50. The van der Waals surface area contributed by atoms with Gasteiger partial charge in [0.25, 0.3) is 5.91 Å². The summed E-state index contributed by atoms with van der Waals surface area (Å²) in [4.78, 5) is 37.1. The van der Waals surface area contributed by atoms with Crippen LogP contribution in [0.5, 0.6) is 0 Å². The molecule has 6 heteroatoms. The Hall–Kier alpha value is -4.71. The van der Waals surface area contributed by atoms with E-state index in [0.717, 1.165) is 5.39 Å². The first-order chi connectivity index (χ1) is 16.0. The molecule has 6 nitrogen and oxygen atoms in total. The summed E-state index contributed by atoms with van der Waals surface area (Å²) in [6.07, 6.45) is 0. The zero-order chi connectivity index (χ0) is 22.9. The second-order valence-corrected chi connectivity index (χ2v) is 7.50.